The van der Waals surface area contributed by atoms with Gasteiger partial charge in [0.15, 0.2) is 5.82 Å². The van der Waals surface area contributed by atoms with E-state index in [9.17, 15) is 0 Å². The third-order valence-electron chi connectivity index (χ3n) is 5.50. The molecule has 132 valence electrons. The first kappa shape index (κ1) is 15.3. The van der Waals surface area contributed by atoms with Crippen molar-refractivity contribution >= 4 is 5.95 Å². The summed E-state index contributed by atoms with van der Waals surface area (Å²) in [5, 5.41) is 4.21. The third kappa shape index (κ3) is 2.80. The van der Waals surface area contributed by atoms with Crippen molar-refractivity contribution in [3.05, 3.63) is 17.1 Å². The number of ether oxygens (including phenoxy) is 1. The summed E-state index contributed by atoms with van der Waals surface area (Å²) in [6.07, 6.45) is 7.75. The van der Waals surface area contributed by atoms with Gasteiger partial charge in [-0.05, 0) is 44.9 Å². The summed E-state index contributed by atoms with van der Waals surface area (Å²) in [6.45, 7) is 3.52. The Morgan fingerprint density at radius 3 is 2.68 bits per heavy atom. The van der Waals surface area contributed by atoms with Crippen LogP contribution in [0.3, 0.4) is 0 Å². The lowest BCUT2D eigenvalue weighted by Gasteiger charge is -2.21. The first-order chi connectivity index (χ1) is 12.4. The Morgan fingerprint density at radius 1 is 0.960 bits per heavy atom. The SMILES string of the molecule is C1CCc2c(nc(N3CCCC3)nc2-c2nc(C3CCOC3)no2)C1. The Labute approximate surface area is 146 Å². The molecule has 0 bridgehead atoms. The third-order valence-corrected chi connectivity index (χ3v) is 5.50. The van der Waals surface area contributed by atoms with E-state index in [1.165, 1.54) is 36.9 Å². The van der Waals surface area contributed by atoms with Gasteiger partial charge in [0, 0.05) is 36.9 Å². The molecule has 0 spiro atoms. The van der Waals surface area contributed by atoms with Gasteiger partial charge < -0.3 is 14.2 Å². The second-order valence-corrected chi connectivity index (χ2v) is 7.22. The number of fused-ring (bicyclic) bond motifs is 1. The quantitative estimate of drug-likeness (QED) is 0.849. The first-order valence-corrected chi connectivity index (χ1v) is 9.45. The molecule has 0 N–H and O–H groups in total. The number of anilines is 1. The van der Waals surface area contributed by atoms with Crippen LogP contribution in [0.4, 0.5) is 5.95 Å². The fourth-order valence-electron chi connectivity index (χ4n) is 4.05. The molecule has 0 amide bonds. The van der Waals surface area contributed by atoms with E-state index >= 15 is 0 Å². The van der Waals surface area contributed by atoms with Crippen molar-refractivity contribution in [2.75, 3.05) is 31.2 Å². The molecule has 2 aliphatic heterocycles. The van der Waals surface area contributed by atoms with Crippen molar-refractivity contribution in [2.45, 2.75) is 50.9 Å². The van der Waals surface area contributed by atoms with Gasteiger partial charge in [0.25, 0.3) is 5.89 Å². The molecule has 7 heteroatoms. The van der Waals surface area contributed by atoms with Crippen molar-refractivity contribution in [1.82, 2.24) is 20.1 Å². The van der Waals surface area contributed by atoms with Crippen LogP contribution >= 0.6 is 0 Å². The molecule has 1 aliphatic carbocycles. The zero-order chi connectivity index (χ0) is 16.6. The second-order valence-electron chi connectivity index (χ2n) is 7.22. The molecule has 4 heterocycles. The molecule has 3 aliphatic rings. The van der Waals surface area contributed by atoms with Gasteiger partial charge in [-0.3, -0.25) is 0 Å². The number of nitrogens with zero attached hydrogens (tertiary/aromatic N) is 5. The van der Waals surface area contributed by atoms with E-state index < -0.39 is 0 Å². The zero-order valence-corrected chi connectivity index (χ0v) is 14.4. The van der Waals surface area contributed by atoms with E-state index in [0.717, 1.165) is 56.4 Å². The number of hydrogen-bond donors (Lipinski definition) is 0. The maximum Gasteiger partial charge on any atom is 0.277 e. The molecular weight excluding hydrogens is 318 g/mol. The van der Waals surface area contributed by atoms with Gasteiger partial charge in [0.1, 0.15) is 5.69 Å². The van der Waals surface area contributed by atoms with E-state index in [2.05, 4.69) is 15.0 Å². The fourth-order valence-corrected chi connectivity index (χ4v) is 4.05. The molecule has 2 fully saturated rings. The van der Waals surface area contributed by atoms with Crippen LogP contribution in [0, 0.1) is 0 Å². The van der Waals surface area contributed by atoms with E-state index in [0.29, 0.717) is 12.5 Å². The molecule has 25 heavy (non-hydrogen) atoms. The molecule has 1 atom stereocenters. The highest BCUT2D eigenvalue weighted by Crippen LogP contribution is 2.32. The van der Waals surface area contributed by atoms with Gasteiger partial charge in [0.05, 0.1) is 6.61 Å². The largest absolute Gasteiger partial charge is 0.381 e. The lowest BCUT2D eigenvalue weighted by Crippen LogP contribution is -2.23. The van der Waals surface area contributed by atoms with Crippen LogP contribution in [0.25, 0.3) is 11.6 Å². The Hall–Kier alpha value is -2.02. The first-order valence-electron chi connectivity index (χ1n) is 9.45. The summed E-state index contributed by atoms with van der Waals surface area (Å²) < 4.78 is 11.1. The highest BCUT2D eigenvalue weighted by Gasteiger charge is 2.28. The average Bonchev–Trinajstić information content (AvgIpc) is 3.43. The number of hydrogen-bond acceptors (Lipinski definition) is 7. The minimum absolute atomic E-state index is 0.244. The summed E-state index contributed by atoms with van der Waals surface area (Å²) in [4.78, 5) is 16.7. The van der Waals surface area contributed by atoms with Gasteiger partial charge in [0.2, 0.25) is 5.95 Å². The molecule has 5 rings (SSSR count). The monoisotopic (exact) mass is 341 g/mol. The van der Waals surface area contributed by atoms with Gasteiger partial charge in [-0.25, -0.2) is 9.97 Å². The minimum atomic E-state index is 0.244. The Kier molecular flexibility index (Phi) is 3.88. The topological polar surface area (TPSA) is 77.2 Å². The Bertz CT molecular complexity index is 763. The minimum Gasteiger partial charge on any atom is -0.381 e. The summed E-state index contributed by atoms with van der Waals surface area (Å²) in [6, 6.07) is 0. The van der Waals surface area contributed by atoms with Crippen LogP contribution in [-0.4, -0.2) is 46.4 Å². The maximum absolute atomic E-state index is 5.62. The lowest BCUT2D eigenvalue weighted by atomic mass is 9.94. The van der Waals surface area contributed by atoms with Crippen LogP contribution in [0.2, 0.25) is 0 Å². The summed E-state index contributed by atoms with van der Waals surface area (Å²) in [5.74, 6) is 2.37. The predicted molar refractivity (Wildman–Crippen MR) is 91.6 cm³/mol. The summed E-state index contributed by atoms with van der Waals surface area (Å²) in [7, 11) is 0. The molecule has 2 aromatic rings. The molecule has 0 radical (unpaired) electrons. The van der Waals surface area contributed by atoms with Crippen molar-refractivity contribution < 1.29 is 9.26 Å². The van der Waals surface area contributed by atoms with E-state index in [4.69, 9.17) is 19.2 Å². The number of aryl methyl sites for hydroxylation is 1. The maximum atomic E-state index is 5.62. The average molecular weight is 341 g/mol. The van der Waals surface area contributed by atoms with Crippen LogP contribution in [0.15, 0.2) is 4.52 Å². The molecular formula is C18H23N5O2. The Balaban J connectivity index is 1.55. The van der Waals surface area contributed by atoms with Crippen molar-refractivity contribution in [3.8, 4) is 11.6 Å². The highest BCUT2D eigenvalue weighted by atomic mass is 16.5. The smallest absolute Gasteiger partial charge is 0.277 e. The predicted octanol–water partition coefficient (Wildman–Crippen LogP) is 2.51. The normalized spacial score (nSPS) is 23.2. The van der Waals surface area contributed by atoms with Gasteiger partial charge in [-0.1, -0.05) is 5.16 Å². The van der Waals surface area contributed by atoms with Gasteiger partial charge in [-0.2, -0.15) is 4.98 Å². The van der Waals surface area contributed by atoms with E-state index in [1.54, 1.807) is 0 Å². The fraction of sp³-hybridized carbons (Fsp3) is 0.667. The van der Waals surface area contributed by atoms with Crippen molar-refractivity contribution in [3.63, 3.8) is 0 Å². The van der Waals surface area contributed by atoms with Gasteiger partial charge >= 0.3 is 0 Å². The Morgan fingerprint density at radius 2 is 1.84 bits per heavy atom. The standard InChI is InChI=1S/C18H23N5O2/c1-2-6-14-13(5-1)15(20-18(19-14)23-8-3-4-9-23)17-21-16(22-25-17)12-7-10-24-11-12/h12H,1-11H2. The molecule has 1 unspecified atom stereocenters. The number of rotatable bonds is 3. The van der Waals surface area contributed by atoms with Crippen LogP contribution in [0.5, 0.6) is 0 Å². The second kappa shape index (κ2) is 6.37. The molecule has 2 aromatic heterocycles. The van der Waals surface area contributed by atoms with Crippen molar-refractivity contribution in [1.29, 1.82) is 0 Å². The number of aromatic nitrogens is 4. The molecule has 7 nitrogen and oxygen atoms in total. The lowest BCUT2D eigenvalue weighted by molar-refractivity contribution is 0.192. The van der Waals surface area contributed by atoms with Crippen LogP contribution in [0.1, 0.15) is 55.1 Å². The van der Waals surface area contributed by atoms with Crippen LogP contribution in [-0.2, 0) is 17.6 Å². The summed E-state index contributed by atoms with van der Waals surface area (Å²) >= 11 is 0. The van der Waals surface area contributed by atoms with E-state index in [1.807, 2.05) is 0 Å². The van der Waals surface area contributed by atoms with Crippen molar-refractivity contribution in [2.24, 2.45) is 0 Å². The molecule has 0 aromatic carbocycles. The highest BCUT2D eigenvalue weighted by molar-refractivity contribution is 5.58. The zero-order valence-electron chi connectivity index (χ0n) is 14.4. The molecule has 2 saturated heterocycles. The van der Waals surface area contributed by atoms with Gasteiger partial charge in [-0.15, -0.1) is 0 Å². The van der Waals surface area contributed by atoms with Crippen LogP contribution < -0.4 is 4.90 Å². The molecule has 0 saturated carbocycles. The summed E-state index contributed by atoms with van der Waals surface area (Å²) in [5.41, 5.74) is 3.22. The van der Waals surface area contributed by atoms with E-state index in [-0.39, 0.29) is 5.92 Å².